The highest BCUT2D eigenvalue weighted by Gasteiger charge is 2.35. The second-order valence-electron chi connectivity index (χ2n) is 7.10. The summed E-state index contributed by atoms with van der Waals surface area (Å²) in [5.41, 5.74) is -1.48. The predicted molar refractivity (Wildman–Crippen MR) is 111 cm³/mol. The number of carbonyl (C=O) groups excluding carboxylic acids is 2. The van der Waals surface area contributed by atoms with E-state index in [2.05, 4.69) is 25.6 Å². The van der Waals surface area contributed by atoms with Crippen molar-refractivity contribution >= 4 is 38.8 Å². The second kappa shape index (κ2) is 9.34. The first-order valence-corrected chi connectivity index (χ1v) is 10.5. The fourth-order valence-electron chi connectivity index (χ4n) is 3.25. The molecule has 3 aromatic rings. The zero-order valence-corrected chi connectivity index (χ0v) is 18.2. The van der Waals surface area contributed by atoms with Crippen LogP contribution in [0.5, 0.6) is 5.88 Å². The van der Waals surface area contributed by atoms with Crippen LogP contribution in [0, 0.1) is 5.82 Å². The third-order valence-electron chi connectivity index (χ3n) is 4.80. The maximum atomic E-state index is 13.4. The minimum absolute atomic E-state index is 0.103. The lowest BCUT2D eigenvalue weighted by Gasteiger charge is -2.16. The van der Waals surface area contributed by atoms with Crippen molar-refractivity contribution in [3.63, 3.8) is 0 Å². The number of aromatic nitrogens is 3. The van der Waals surface area contributed by atoms with Crippen LogP contribution < -0.4 is 15.4 Å². The fourth-order valence-corrected chi connectivity index (χ4v) is 4.03. The Morgan fingerprint density at radius 2 is 2.06 bits per heavy atom. The fraction of sp³-hybridized carbons (Fsp3) is 0.316. The van der Waals surface area contributed by atoms with Gasteiger partial charge in [-0.05, 0) is 24.6 Å². The molecule has 1 saturated heterocycles. The number of halogens is 4. The summed E-state index contributed by atoms with van der Waals surface area (Å²) >= 11 is 1.09. The smallest absolute Gasteiger partial charge is 0.432 e. The van der Waals surface area contributed by atoms with Gasteiger partial charge in [-0.15, -0.1) is 5.06 Å². The zero-order valence-electron chi connectivity index (χ0n) is 17.4. The van der Waals surface area contributed by atoms with E-state index in [0.29, 0.717) is 28.9 Å². The molecule has 34 heavy (non-hydrogen) atoms. The van der Waals surface area contributed by atoms with E-state index in [1.54, 1.807) is 0 Å². The van der Waals surface area contributed by atoms with Crippen molar-refractivity contribution in [2.75, 3.05) is 25.5 Å². The largest absolute Gasteiger partial charge is 0.479 e. The molecule has 1 aromatic carbocycles. The number of amides is 2. The predicted octanol–water partition coefficient (Wildman–Crippen LogP) is 3.22. The first-order chi connectivity index (χ1) is 16.1. The summed E-state index contributed by atoms with van der Waals surface area (Å²) in [6.45, 7) is 0.375. The lowest BCUT2D eigenvalue weighted by atomic mass is 10.1. The molecule has 0 radical (unpaired) electrons. The van der Waals surface area contributed by atoms with Gasteiger partial charge in [0.1, 0.15) is 12.1 Å². The van der Waals surface area contributed by atoms with Gasteiger partial charge < -0.3 is 14.9 Å². The number of ether oxygens (including phenoxy) is 1. The first-order valence-electron chi connectivity index (χ1n) is 9.71. The van der Waals surface area contributed by atoms with Crippen LogP contribution in [0.4, 0.5) is 27.5 Å². The number of nitrogens with one attached hydrogen (secondary N) is 2. The number of methoxy groups -OCH3 is 1. The first kappa shape index (κ1) is 23.6. The van der Waals surface area contributed by atoms with Crippen LogP contribution in [0.25, 0.3) is 10.3 Å². The number of hydrogen-bond donors (Lipinski definition) is 2. The lowest BCUT2D eigenvalue weighted by molar-refractivity contribution is -0.140. The highest BCUT2D eigenvalue weighted by Crippen LogP contribution is 2.32. The number of alkyl halides is 3. The molecule has 0 bridgehead atoms. The van der Waals surface area contributed by atoms with E-state index in [9.17, 15) is 27.2 Å². The Balaban J connectivity index is 1.32. The minimum atomic E-state index is -4.92. The van der Waals surface area contributed by atoms with E-state index in [-0.39, 0.29) is 29.7 Å². The molecular weight excluding hydrogens is 484 g/mol. The van der Waals surface area contributed by atoms with Crippen molar-refractivity contribution in [1.82, 2.24) is 25.3 Å². The Bertz CT molecular complexity index is 1240. The monoisotopic (exact) mass is 500 g/mol. The average molecular weight is 500 g/mol. The van der Waals surface area contributed by atoms with Gasteiger partial charge in [-0.2, -0.15) is 18.2 Å². The third kappa shape index (κ3) is 5.14. The Hall–Kier alpha value is -3.59. The summed E-state index contributed by atoms with van der Waals surface area (Å²) in [6, 6.07) is 1.52. The summed E-state index contributed by atoms with van der Waals surface area (Å²) in [6.07, 6.45) is -4.07. The van der Waals surface area contributed by atoms with Crippen molar-refractivity contribution in [1.29, 1.82) is 0 Å². The molecule has 3 heterocycles. The molecule has 0 saturated carbocycles. The van der Waals surface area contributed by atoms with Gasteiger partial charge in [0.2, 0.25) is 5.88 Å². The van der Waals surface area contributed by atoms with Crippen LogP contribution in [0.2, 0.25) is 0 Å². The number of anilines is 1. The molecule has 1 atom stereocenters. The van der Waals surface area contributed by atoms with Gasteiger partial charge in [-0.25, -0.2) is 19.2 Å². The average Bonchev–Trinajstić information content (AvgIpc) is 3.38. The molecule has 4 rings (SSSR count). The van der Waals surface area contributed by atoms with E-state index >= 15 is 0 Å². The topological polar surface area (TPSA) is 119 Å². The van der Waals surface area contributed by atoms with Crippen molar-refractivity contribution in [2.45, 2.75) is 18.6 Å². The van der Waals surface area contributed by atoms with Crippen LogP contribution in [0.3, 0.4) is 0 Å². The molecule has 0 spiro atoms. The molecule has 2 N–H and O–H groups in total. The second-order valence-corrected chi connectivity index (χ2v) is 8.08. The van der Waals surface area contributed by atoms with Crippen molar-refractivity contribution < 1.29 is 36.7 Å². The number of hydroxylamine groups is 2. The molecule has 2 aromatic heterocycles. The number of rotatable bonds is 5. The summed E-state index contributed by atoms with van der Waals surface area (Å²) < 4.78 is 57.1. The Morgan fingerprint density at radius 3 is 2.79 bits per heavy atom. The molecule has 1 aliphatic heterocycles. The standard InChI is InChI=1S/C19H16F4N6O4S/c1-32-15-13-16(25-8-24-15)34-17(27-13)28-18(31)33-29-5-4-10(7-29)26-14(30)9-2-3-12(20)11(6-9)19(21,22)23/h2-3,6,8,10H,4-5,7H2,1H3,(H,26,30)(H,27,28,31)/t10-/m0/s1. The SMILES string of the molecule is COc1ncnc2sc(NC(=O)ON3CC[C@H](NC(=O)c4ccc(F)c(C(F)(F)F)c4)C3)nc12. The molecule has 180 valence electrons. The summed E-state index contributed by atoms with van der Waals surface area (Å²) in [5.74, 6) is -2.01. The highest BCUT2D eigenvalue weighted by atomic mass is 32.1. The van der Waals surface area contributed by atoms with E-state index in [4.69, 9.17) is 9.57 Å². The number of hydrogen-bond acceptors (Lipinski definition) is 9. The van der Waals surface area contributed by atoms with E-state index in [1.165, 1.54) is 18.5 Å². The number of nitrogens with zero attached hydrogens (tertiary/aromatic N) is 4. The number of benzene rings is 1. The molecular formula is C19H16F4N6O4S. The zero-order chi connectivity index (χ0) is 24.5. The molecule has 15 heteroatoms. The van der Waals surface area contributed by atoms with Gasteiger partial charge in [0.15, 0.2) is 15.5 Å². The van der Waals surface area contributed by atoms with Gasteiger partial charge in [0.05, 0.1) is 19.2 Å². The Kier molecular flexibility index (Phi) is 6.47. The van der Waals surface area contributed by atoms with Crippen molar-refractivity contribution in [3.05, 3.63) is 41.5 Å². The molecule has 1 fully saturated rings. The van der Waals surface area contributed by atoms with Crippen molar-refractivity contribution in [3.8, 4) is 5.88 Å². The maximum absolute atomic E-state index is 13.4. The number of carbonyl (C=O) groups is 2. The van der Waals surface area contributed by atoms with Gasteiger partial charge in [-0.3, -0.25) is 10.1 Å². The van der Waals surface area contributed by atoms with Gasteiger partial charge in [-0.1, -0.05) is 11.3 Å². The molecule has 1 aliphatic rings. The molecule has 10 nitrogen and oxygen atoms in total. The third-order valence-corrected chi connectivity index (χ3v) is 5.68. The van der Waals surface area contributed by atoms with Crippen molar-refractivity contribution in [2.24, 2.45) is 0 Å². The number of fused-ring (bicyclic) bond motifs is 1. The Morgan fingerprint density at radius 1 is 1.26 bits per heavy atom. The summed E-state index contributed by atoms with van der Waals surface area (Å²) in [5, 5.41) is 6.52. The maximum Gasteiger partial charge on any atom is 0.432 e. The van der Waals surface area contributed by atoms with Crippen LogP contribution in [0.15, 0.2) is 24.5 Å². The molecule has 0 aliphatic carbocycles. The van der Waals surface area contributed by atoms with Gasteiger partial charge >= 0.3 is 12.3 Å². The van der Waals surface area contributed by atoms with Crippen LogP contribution in [0.1, 0.15) is 22.3 Å². The van der Waals surface area contributed by atoms with Gasteiger partial charge in [0.25, 0.3) is 5.91 Å². The summed E-state index contributed by atoms with van der Waals surface area (Å²) in [4.78, 5) is 42.4. The van der Waals surface area contributed by atoms with Crippen LogP contribution >= 0.6 is 11.3 Å². The number of thiazole rings is 1. The van der Waals surface area contributed by atoms with E-state index in [1.807, 2.05) is 0 Å². The van der Waals surface area contributed by atoms with E-state index < -0.39 is 35.6 Å². The van der Waals surface area contributed by atoms with E-state index in [0.717, 1.165) is 17.4 Å². The summed E-state index contributed by atoms with van der Waals surface area (Å²) in [7, 11) is 1.43. The minimum Gasteiger partial charge on any atom is -0.479 e. The quantitative estimate of drug-likeness (QED) is 0.513. The lowest BCUT2D eigenvalue weighted by Crippen LogP contribution is -2.38. The highest BCUT2D eigenvalue weighted by molar-refractivity contribution is 7.22. The van der Waals surface area contributed by atoms with Gasteiger partial charge in [0, 0.05) is 18.2 Å². The molecule has 0 unspecified atom stereocenters. The Labute approximate surface area is 192 Å². The van der Waals surface area contributed by atoms with Crippen LogP contribution in [-0.2, 0) is 11.0 Å². The molecule has 2 amide bonds. The normalized spacial score (nSPS) is 16.4. The van der Waals surface area contributed by atoms with Crippen LogP contribution in [-0.4, -0.2) is 58.3 Å².